The predicted molar refractivity (Wildman–Crippen MR) is 234 cm³/mol. The average Bonchev–Trinajstić information content (AvgIpc) is 3.58. The second-order valence-corrected chi connectivity index (χ2v) is 14.2. The van der Waals surface area contributed by atoms with Crippen LogP contribution in [0.1, 0.15) is 5.56 Å². The summed E-state index contributed by atoms with van der Waals surface area (Å²) in [6, 6.07) is 77.1. The van der Waals surface area contributed by atoms with Crippen molar-refractivity contribution in [1.29, 1.82) is 0 Å². The highest BCUT2D eigenvalue weighted by Gasteiger charge is 2.22. The van der Waals surface area contributed by atoms with Crippen LogP contribution in [0.25, 0.3) is 71.6 Å². The molecule has 10 aromatic rings. The minimum Gasteiger partial charge on any atom is -0.310 e. The molecule has 0 atom stereocenters. The van der Waals surface area contributed by atoms with Gasteiger partial charge in [-0.25, -0.2) is 0 Å². The molecule has 0 N–H and O–H groups in total. The fraction of sp³-hybridized carbons (Fsp3) is 0.0189. The SMILES string of the molecule is Cc1ccc(-c2ccc3ccccc3c2-n2c3ccccc3c3ccc(N(c4ccc(-c5ccccc5)cc4)c4ccccc4-c4ccccc4)cc32)cc1. The number of hydrogen-bond donors (Lipinski definition) is 0. The molecule has 0 radical (unpaired) electrons. The summed E-state index contributed by atoms with van der Waals surface area (Å²) >= 11 is 0. The number of benzene rings is 9. The Morgan fingerprint density at radius 1 is 0.364 bits per heavy atom. The van der Waals surface area contributed by atoms with E-state index in [2.05, 4.69) is 229 Å². The Morgan fingerprint density at radius 2 is 0.927 bits per heavy atom. The van der Waals surface area contributed by atoms with E-state index in [1.807, 2.05) is 0 Å². The lowest BCUT2D eigenvalue weighted by molar-refractivity contribution is 1.19. The van der Waals surface area contributed by atoms with E-state index in [1.54, 1.807) is 0 Å². The number of aryl methyl sites for hydroxylation is 1. The molecule has 1 heterocycles. The maximum absolute atomic E-state index is 2.51. The smallest absolute Gasteiger partial charge is 0.0618 e. The normalized spacial score (nSPS) is 11.4. The van der Waals surface area contributed by atoms with Crippen LogP contribution in [0.4, 0.5) is 17.1 Å². The number of fused-ring (bicyclic) bond motifs is 4. The summed E-state index contributed by atoms with van der Waals surface area (Å²) in [5.41, 5.74) is 15.2. The largest absolute Gasteiger partial charge is 0.310 e. The first-order chi connectivity index (χ1) is 27.2. The van der Waals surface area contributed by atoms with Crippen LogP contribution in [-0.2, 0) is 0 Å². The van der Waals surface area contributed by atoms with Crippen LogP contribution in [0.15, 0.2) is 212 Å². The lowest BCUT2D eigenvalue weighted by Crippen LogP contribution is -2.11. The van der Waals surface area contributed by atoms with Gasteiger partial charge in [-0.3, -0.25) is 0 Å². The lowest BCUT2D eigenvalue weighted by atomic mass is 9.97. The van der Waals surface area contributed by atoms with E-state index in [0.29, 0.717) is 0 Å². The first-order valence-corrected chi connectivity index (χ1v) is 18.9. The monoisotopic (exact) mass is 702 g/mol. The molecule has 0 aliphatic carbocycles. The number of hydrogen-bond acceptors (Lipinski definition) is 1. The molecule has 0 amide bonds. The summed E-state index contributed by atoms with van der Waals surface area (Å²) in [6.07, 6.45) is 0. The highest BCUT2D eigenvalue weighted by Crippen LogP contribution is 2.45. The number of para-hydroxylation sites is 2. The topological polar surface area (TPSA) is 8.17 Å². The summed E-state index contributed by atoms with van der Waals surface area (Å²) in [7, 11) is 0. The van der Waals surface area contributed by atoms with E-state index in [0.717, 1.165) is 22.6 Å². The number of rotatable bonds is 7. The second-order valence-electron chi connectivity index (χ2n) is 14.2. The number of anilines is 3. The van der Waals surface area contributed by atoms with Crippen LogP contribution in [0.5, 0.6) is 0 Å². The third-order valence-corrected chi connectivity index (χ3v) is 10.9. The zero-order valence-corrected chi connectivity index (χ0v) is 30.6. The molecule has 55 heavy (non-hydrogen) atoms. The van der Waals surface area contributed by atoms with E-state index >= 15 is 0 Å². The highest BCUT2D eigenvalue weighted by atomic mass is 15.1. The van der Waals surface area contributed by atoms with Gasteiger partial charge in [-0.15, -0.1) is 0 Å². The van der Waals surface area contributed by atoms with Crippen molar-refractivity contribution < 1.29 is 0 Å². The summed E-state index contributed by atoms with van der Waals surface area (Å²) < 4.78 is 2.51. The molecule has 2 nitrogen and oxygen atoms in total. The summed E-state index contributed by atoms with van der Waals surface area (Å²) in [6.45, 7) is 2.15. The second kappa shape index (κ2) is 13.7. The third-order valence-electron chi connectivity index (χ3n) is 10.9. The Kier molecular flexibility index (Phi) is 8.08. The quantitative estimate of drug-likeness (QED) is 0.160. The molecule has 0 saturated heterocycles. The standard InChI is InChI=1S/C53H38N2/c1-37-24-26-42(27-25-37)47-34-30-41-18-8-9-20-46(41)53(47)55-51-23-13-11-21-48(51)49-35-33-44(36-52(49)55)54(43-31-28-39(29-32-43)38-14-4-2-5-15-38)50-22-12-10-19-45(50)40-16-6-3-7-17-40/h2-36H,1H3. The highest BCUT2D eigenvalue weighted by molar-refractivity contribution is 6.13. The van der Waals surface area contributed by atoms with Crippen molar-refractivity contribution in [3.63, 3.8) is 0 Å². The van der Waals surface area contributed by atoms with Crippen molar-refractivity contribution in [3.05, 3.63) is 218 Å². The molecule has 1 aromatic heterocycles. The van der Waals surface area contributed by atoms with E-state index in [-0.39, 0.29) is 0 Å². The molecule has 0 spiro atoms. The number of nitrogens with zero attached hydrogens (tertiary/aromatic N) is 2. The Hall–Kier alpha value is -7.16. The van der Waals surface area contributed by atoms with Crippen LogP contribution in [-0.4, -0.2) is 4.57 Å². The first kappa shape index (κ1) is 32.5. The molecule has 0 saturated carbocycles. The molecule has 2 heteroatoms. The van der Waals surface area contributed by atoms with Crippen molar-refractivity contribution in [1.82, 2.24) is 4.57 Å². The van der Waals surface area contributed by atoms with Gasteiger partial charge in [0.1, 0.15) is 0 Å². The van der Waals surface area contributed by atoms with Gasteiger partial charge in [0.05, 0.1) is 22.4 Å². The maximum Gasteiger partial charge on any atom is 0.0618 e. The molecule has 260 valence electrons. The summed E-state index contributed by atoms with van der Waals surface area (Å²) in [4.78, 5) is 2.42. The Labute approximate surface area is 321 Å². The average molecular weight is 703 g/mol. The summed E-state index contributed by atoms with van der Waals surface area (Å²) in [5.74, 6) is 0. The van der Waals surface area contributed by atoms with Gasteiger partial charge < -0.3 is 9.47 Å². The van der Waals surface area contributed by atoms with Crippen molar-refractivity contribution >= 4 is 49.6 Å². The number of aromatic nitrogens is 1. The van der Waals surface area contributed by atoms with Crippen molar-refractivity contribution in [2.45, 2.75) is 6.92 Å². The van der Waals surface area contributed by atoms with E-state index < -0.39 is 0 Å². The fourth-order valence-electron chi connectivity index (χ4n) is 8.19. The summed E-state index contributed by atoms with van der Waals surface area (Å²) in [5, 5.41) is 4.89. The minimum absolute atomic E-state index is 1.09. The third kappa shape index (κ3) is 5.76. The molecular weight excluding hydrogens is 665 g/mol. The van der Waals surface area contributed by atoms with Crippen molar-refractivity contribution in [2.24, 2.45) is 0 Å². The molecule has 0 bridgehead atoms. The van der Waals surface area contributed by atoms with Crippen LogP contribution >= 0.6 is 0 Å². The van der Waals surface area contributed by atoms with Crippen LogP contribution < -0.4 is 4.90 Å². The molecule has 9 aromatic carbocycles. The van der Waals surface area contributed by atoms with E-state index in [9.17, 15) is 0 Å². The van der Waals surface area contributed by atoms with Gasteiger partial charge in [-0.2, -0.15) is 0 Å². The molecule has 0 aliphatic heterocycles. The molecule has 0 fully saturated rings. The van der Waals surface area contributed by atoms with E-state index in [4.69, 9.17) is 0 Å². The van der Waals surface area contributed by atoms with Gasteiger partial charge in [0, 0.05) is 38.7 Å². The van der Waals surface area contributed by atoms with Gasteiger partial charge in [-0.1, -0.05) is 181 Å². The Bertz CT molecular complexity index is 2960. The van der Waals surface area contributed by atoms with Gasteiger partial charge in [0.2, 0.25) is 0 Å². The predicted octanol–water partition coefficient (Wildman–Crippen LogP) is 14.7. The molecule has 10 rings (SSSR count). The molecular formula is C53H38N2. The van der Waals surface area contributed by atoms with Gasteiger partial charge >= 0.3 is 0 Å². The van der Waals surface area contributed by atoms with Crippen LogP contribution in [0.3, 0.4) is 0 Å². The molecule has 0 unspecified atom stereocenters. The van der Waals surface area contributed by atoms with Gasteiger partial charge in [-0.05, 0) is 71.0 Å². The Morgan fingerprint density at radius 3 is 1.71 bits per heavy atom. The maximum atomic E-state index is 2.51. The van der Waals surface area contributed by atoms with E-state index in [1.165, 1.54) is 71.7 Å². The first-order valence-electron chi connectivity index (χ1n) is 18.9. The minimum atomic E-state index is 1.09. The van der Waals surface area contributed by atoms with Crippen molar-refractivity contribution in [3.8, 4) is 39.1 Å². The van der Waals surface area contributed by atoms with Gasteiger partial charge in [0.15, 0.2) is 0 Å². The van der Waals surface area contributed by atoms with Crippen LogP contribution in [0.2, 0.25) is 0 Å². The Balaban J connectivity index is 1.26. The lowest BCUT2D eigenvalue weighted by Gasteiger charge is -2.28. The van der Waals surface area contributed by atoms with Crippen molar-refractivity contribution in [2.75, 3.05) is 4.90 Å². The zero-order valence-electron chi connectivity index (χ0n) is 30.6. The fourth-order valence-corrected chi connectivity index (χ4v) is 8.19. The zero-order chi connectivity index (χ0) is 36.7. The van der Waals surface area contributed by atoms with Crippen LogP contribution in [0, 0.1) is 6.92 Å². The molecule has 0 aliphatic rings. The van der Waals surface area contributed by atoms with Gasteiger partial charge in [0.25, 0.3) is 0 Å².